The molecular formula is C58H121AlClLiN5O3+. The summed E-state index contributed by atoms with van der Waals surface area (Å²) < 4.78 is 6.41. The van der Waals surface area contributed by atoms with E-state index in [-0.39, 0.29) is 63.7 Å². The summed E-state index contributed by atoms with van der Waals surface area (Å²) >= 11 is 5.14. The first-order valence-corrected chi connectivity index (χ1v) is 29.3. The van der Waals surface area contributed by atoms with Crippen LogP contribution in [-0.2, 0) is 14.3 Å². The van der Waals surface area contributed by atoms with Gasteiger partial charge in [0.15, 0.2) is 17.4 Å². The third-order valence-corrected chi connectivity index (χ3v) is 16.7. The van der Waals surface area contributed by atoms with Crippen LogP contribution in [-0.4, -0.2) is 153 Å². The number of carbonyl (C=O) groups is 2. The molecule has 9 fully saturated rings. The van der Waals surface area contributed by atoms with Crippen molar-refractivity contribution in [2.75, 3.05) is 105 Å². The van der Waals surface area contributed by atoms with Crippen LogP contribution < -0.4 is 24.2 Å². The van der Waals surface area contributed by atoms with Crippen LogP contribution in [0.25, 0.3) is 0 Å². The van der Waals surface area contributed by atoms with Crippen molar-refractivity contribution in [2.45, 2.75) is 235 Å². The van der Waals surface area contributed by atoms with Crippen molar-refractivity contribution in [3.8, 4) is 0 Å². The van der Waals surface area contributed by atoms with Crippen molar-refractivity contribution < 1.29 is 39.1 Å². The molecule has 4 saturated carbocycles. The normalized spacial score (nSPS) is 22.7. The number of nitrogens with zero attached hydrogens (tertiary/aromatic N) is 4. The summed E-state index contributed by atoms with van der Waals surface area (Å²) in [5.74, 6) is 3.23. The van der Waals surface area contributed by atoms with E-state index in [0.717, 1.165) is 63.8 Å². The first-order chi connectivity index (χ1) is 31.8. The van der Waals surface area contributed by atoms with Crippen LogP contribution >= 0.6 is 11.6 Å². The third kappa shape index (κ3) is 33.1. The minimum Gasteiger partial charge on any atom is -1.00 e. The zero-order valence-corrected chi connectivity index (χ0v) is 45.5. The Morgan fingerprint density at radius 1 is 0.565 bits per heavy atom. The van der Waals surface area contributed by atoms with Crippen molar-refractivity contribution in [2.24, 2.45) is 23.7 Å². The van der Waals surface area contributed by atoms with Crippen LogP contribution in [0, 0.1) is 23.7 Å². The van der Waals surface area contributed by atoms with Crippen molar-refractivity contribution in [1.82, 2.24) is 20.0 Å². The molecule has 5 saturated heterocycles. The van der Waals surface area contributed by atoms with E-state index in [1.165, 1.54) is 250 Å². The van der Waals surface area contributed by atoms with Gasteiger partial charge in [-0.2, -0.15) is 0 Å². The molecular weight excluding hydrogens is 884 g/mol. The minimum absolute atomic E-state index is 0. The van der Waals surface area contributed by atoms with Gasteiger partial charge in [0.25, 0.3) is 0 Å². The fourth-order valence-electron chi connectivity index (χ4n) is 10.6. The molecule has 0 aromatic heterocycles. The van der Waals surface area contributed by atoms with Gasteiger partial charge in [0.2, 0.25) is 11.1 Å². The van der Waals surface area contributed by atoms with Crippen molar-refractivity contribution in [3.05, 3.63) is 0 Å². The number of ether oxygens (including phenoxy) is 1. The Hall–Kier alpha value is 0.360. The molecule has 0 radical (unpaired) electrons. The molecule has 1 amide bonds. The molecule has 0 aromatic rings. The number of quaternary nitrogens is 1. The van der Waals surface area contributed by atoms with E-state index in [1.54, 1.807) is 0 Å². The van der Waals surface area contributed by atoms with Gasteiger partial charge in [-0.25, -0.2) is 0 Å². The summed E-state index contributed by atoms with van der Waals surface area (Å²) in [6, 6.07) is 0. The topological polar surface area (TPSA) is 65.1 Å². The molecule has 0 unspecified atom stereocenters. The average molecular weight is 1010 g/mol. The number of hydrogen-bond acceptors (Lipinski definition) is 6. The Labute approximate surface area is 460 Å². The summed E-state index contributed by atoms with van der Waals surface area (Å²) in [4.78, 5) is 29.2. The number of halogens is 1. The number of nitrogens with one attached hydrogen (secondary N) is 1. The molecule has 69 heavy (non-hydrogen) atoms. The molecule has 4 aliphatic carbocycles. The summed E-state index contributed by atoms with van der Waals surface area (Å²) in [7, 11) is 0. The van der Waals surface area contributed by atoms with Gasteiger partial charge in [-0.3, -0.25) is 9.59 Å². The van der Waals surface area contributed by atoms with E-state index in [1.807, 2.05) is 0 Å². The van der Waals surface area contributed by atoms with Crippen LogP contribution in [0.15, 0.2) is 0 Å². The second-order valence-electron chi connectivity index (χ2n) is 21.4. The van der Waals surface area contributed by atoms with E-state index >= 15 is 0 Å². The van der Waals surface area contributed by atoms with Crippen LogP contribution in [0.5, 0.6) is 0 Å². The monoisotopic (exact) mass is 1000 g/mol. The fourth-order valence-corrected chi connectivity index (χ4v) is 10.8. The smallest absolute Gasteiger partial charge is 1.00 e. The number of amides is 1. The third-order valence-electron chi connectivity index (χ3n) is 16.4. The van der Waals surface area contributed by atoms with Crippen molar-refractivity contribution in [1.29, 1.82) is 0 Å². The van der Waals surface area contributed by atoms with Gasteiger partial charge >= 0.3 is 18.9 Å². The summed E-state index contributed by atoms with van der Waals surface area (Å²) in [6.45, 7) is 29.1. The predicted molar refractivity (Wildman–Crippen MR) is 303 cm³/mol. The van der Waals surface area contributed by atoms with E-state index < -0.39 is 0 Å². The SMILES string of the molecule is C.C.C1CCCN(CC2CCC2)CC1.C1CCCNCC1.C1CCOC1.CCN(CC)CC.CC[N+]1(CC2CCC2)CCCCCC1.O=C(C1CCC1)N1CCCCCC1.O=C(Cl)C1CCC1.[AlH3].[H-].[Li+]. The summed E-state index contributed by atoms with van der Waals surface area (Å²) in [6.07, 6.45) is 40.9. The molecule has 5 aliphatic heterocycles. The van der Waals surface area contributed by atoms with Gasteiger partial charge in [0.1, 0.15) is 0 Å². The van der Waals surface area contributed by atoms with Gasteiger partial charge in [0.05, 0.1) is 26.2 Å². The van der Waals surface area contributed by atoms with Gasteiger partial charge in [0, 0.05) is 50.6 Å². The van der Waals surface area contributed by atoms with Gasteiger partial charge in [-0.1, -0.05) is 99.8 Å². The first-order valence-electron chi connectivity index (χ1n) is 28.9. The van der Waals surface area contributed by atoms with E-state index in [4.69, 9.17) is 16.3 Å². The molecule has 9 aliphatic rings. The Morgan fingerprint density at radius 3 is 1.30 bits per heavy atom. The van der Waals surface area contributed by atoms with Crippen LogP contribution in [0.1, 0.15) is 237 Å². The molecule has 0 spiro atoms. The first kappa shape index (κ1) is 71.4. The second-order valence-corrected chi connectivity index (χ2v) is 21.8. The molecule has 11 heteroatoms. The molecule has 9 rings (SSSR count). The number of carbonyl (C=O) groups excluding carboxylic acids is 2. The molecule has 406 valence electrons. The molecule has 0 bridgehead atoms. The van der Waals surface area contributed by atoms with Crippen LogP contribution in [0.2, 0.25) is 0 Å². The maximum atomic E-state index is 11.9. The van der Waals surface area contributed by atoms with Crippen LogP contribution in [0.4, 0.5) is 0 Å². The maximum Gasteiger partial charge on any atom is 1.00 e. The summed E-state index contributed by atoms with van der Waals surface area (Å²) in [5, 5.41) is 3.20. The zero-order chi connectivity index (χ0) is 46.6. The molecule has 0 atom stereocenters. The largest absolute Gasteiger partial charge is 1.00 e. The molecule has 0 aromatic carbocycles. The second kappa shape index (κ2) is 46.9. The average Bonchev–Trinajstić information content (AvgIpc) is 3.51. The number of likely N-dealkylation sites (tertiary alicyclic amines) is 3. The molecule has 5 heterocycles. The Balaban J connectivity index is -0.000000758. The van der Waals surface area contributed by atoms with Gasteiger partial charge in [-0.15, -0.1) is 0 Å². The summed E-state index contributed by atoms with van der Waals surface area (Å²) in [5.41, 5.74) is 0. The Bertz CT molecular complexity index is 1100. The van der Waals surface area contributed by atoms with Crippen molar-refractivity contribution >= 4 is 40.1 Å². The zero-order valence-electron chi connectivity index (χ0n) is 45.7. The molecule has 1 N–H and O–H groups in total. The number of hydrogen-bond donors (Lipinski definition) is 1. The van der Waals surface area contributed by atoms with E-state index in [2.05, 4.69) is 47.7 Å². The van der Waals surface area contributed by atoms with Crippen molar-refractivity contribution in [3.63, 3.8) is 0 Å². The maximum absolute atomic E-state index is 11.9. The van der Waals surface area contributed by atoms with Gasteiger partial charge in [-0.05, 0) is 199 Å². The minimum atomic E-state index is -0.147. The van der Waals surface area contributed by atoms with E-state index in [9.17, 15) is 9.59 Å². The van der Waals surface area contributed by atoms with Gasteiger partial charge < -0.3 is 30.7 Å². The predicted octanol–water partition coefficient (Wildman–Crippen LogP) is 10.1. The standard InChI is InChI=1S/C13H26N.C11H19NO.C11H21N.C6H13N.C6H15N.C5H7ClO.C4H8O.2CH4.Al.Li.4H/c1-2-14(12-13-8-7-9-13)10-5-3-4-6-11-14;13-11(10-6-5-7-10)12-8-3-1-2-4-9-12;1-2-4-9-12(8-3-1)10-11-6-5-7-11;1-2-4-6-7-5-3-1;1-4-7(5-2)6-3;6-5(7)4-2-1-3-4;1-2-4-5-3-1;;;;;;;;/h13H,2-12H2,1H3;10H,1-9H2;11H,1-10H2;7H,1-6H2;4-6H2,1-3H3;4H,1-3H2;1-4H2;2*1H4;;;;;;/q+1;;;;;;;;;;+1;;;;-1. The molecule has 8 nitrogen and oxygen atoms in total. The Morgan fingerprint density at radius 2 is 0.986 bits per heavy atom. The number of rotatable bonds is 10. The fraction of sp³-hybridized carbons (Fsp3) is 0.966. The van der Waals surface area contributed by atoms with Crippen LogP contribution in [0.3, 0.4) is 0 Å². The van der Waals surface area contributed by atoms with E-state index in [0.29, 0.717) is 11.8 Å². The quantitative estimate of drug-likeness (QED) is 0.134. The Kier molecular flexibility index (Phi) is 48.5.